The van der Waals surface area contributed by atoms with Crippen LogP contribution in [0.3, 0.4) is 0 Å². The molecule has 0 fully saturated rings. The molecule has 0 saturated carbocycles. The Labute approximate surface area is 85.1 Å². The summed E-state index contributed by atoms with van der Waals surface area (Å²) in [5.74, 6) is 0. The first kappa shape index (κ1) is 13.4. The van der Waals surface area contributed by atoms with Gasteiger partial charge in [-0.15, -0.1) is 0 Å². The molecule has 0 radical (unpaired) electrons. The molecule has 0 aromatic rings. The van der Waals surface area contributed by atoms with Gasteiger partial charge in [0, 0.05) is 0 Å². The monoisotopic (exact) mass is 219 g/mol. The van der Waals surface area contributed by atoms with Crippen LogP contribution in [0, 0.1) is 0 Å². The zero-order valence-corrected chi connectivity index (χ0v) is 11.8. The van der Waals surface area contributed by atoms with Crippen LogP contribution in [-0.2, 0) is 4.12 Å². The van der Waals surface area contributed by atoms with Gasteiger partial charge in [0.15, 0.2) is 16.6 Å². The van der Waals surface area contributed by atoms with Gasteiger partial charge in [-0.05, 0) is 44.8 Å². The Kier molecular flexibility index (Phi) is 5.43. The second-order valence-electron chi connectivity index (χ2n) is 4.91. The third-order valence-corrected chi connectivity index (χ3v) is 9.77. The molecule has 0 aliphatic carbocycles. The highest BCUT2D eigenvalue weighted by Crippen LogP contribution is 2.21. The molecule has 0 aromatic heterocycles. The number of rotatable bonds is 6. The Hall–Kier alpha value is 0.354. The minimum absolute atomic E-state index is 0.774. The molecule has 0 aliphatic rings. The zero-order chi connectivity index (χ0) is 10.5. The molecule has 80 valence electrons. The quantitative estimate of drug-likeness (QED) is 0.697. The summed E-state index contributed by atoms with van der Waals surface area (Å²) in [5.41, 5.74) is 5.58. The summed E-state index contributed by atoms with van der Waals surface area (Å²) in [4.78, 5) is 0. The first-order valence-corrected chi connectivity index (χ1v) is 11.5. The summed E-state index contributed by atoms with van der Waals surface area (Å²) >= 11 is 0. The van der Waals surface area contributed by atoms with Gasteiger partial charge in [-0.3, -0.25) is 0 Å². The van der Waals surface area contributed by atoms with E-state index >= 15 is 0 Å². The molecule has 0 aromatic carbocycles. The average Bonchev–Trinajstić information content (AvgIpc) is 1.82. The van der Waals surface area contributed by atoms with Gasteiger partial charge >= 0.3 is 0 Å². The highest BCUT2D eigenvalue weighted by atomic mass is 28.4. The van der Waals surface area contributed by atoms with Gasteiger partial charge in [0.2, 0.25) is 0 Å². The summed E-state index contributed by atoms with van der Waals surface area (Å²) < 4.78 is 6.30. The lowest BCUT2D eigenvalue weighted by molar-refractivity contribution is 0.536. The van der Waals surface area contributed by atoms with Crippen molar-refractivity contribution < 1.29 is 4.12 Å². The maximum atomic E-state index is 6.30. The average molecular weight is 219 g/mol. The van der Waals surface area contributed by atoms with Crippen molar-refractivity contribution in [2.24, 2.45) is 5.73 Å². The van der Waals surface area contributed by atoms with Crippen LogP contribution in [0.1, 0.15) is 13.3 Å². The van der Waals surface area contributed by atoms with Crippen LogP contribution in [0.2, 0.25) is 38.3 Å². The van der Waals surface area contributed by atoms with E-state index in [1.807, 2.05) is 0 Å². The van der Waals surface area contributed by atoms with Crippen molar-refractivity contribution in [3.8, 4) is 0 Å². The van der Waals surface area contributed by atoms with Crippen LogP contribution in [0.15, 0.2) is 0 Å². The van der Waals surface area contributed by atoms with Gasteiger partial charge in [-0.2, -0.15) is 0 Å². The lowest BCUT2D eigenvalue weighted by Crippen LogP contribution is -2.45. The van der Waals surface area contributed by atoms with E-state index in [9.17, 15) is 0 Å². The molecule has 0 saturated heterocycles. The molecule has 13 heavy (non-hydrogen) atoms. The smallest absolute Gasteiger partial charge is 0.174 e. The van der Waals surface area contributed by atoms with E-state index < -0.39 is 16.6 Å². The summed E-state index contributed by atoms with van der Waals surface area (Å²) in [6.07, 6.45) is 1.24. The fourth-order valence-electron chi connectivity index (χ4n) is 1.80. The lowest BCUT2D eigenvalue weighted by Gasteiger charge is -2.33. The Bertz CT molecular complexity index is 133. The van der Waals surface area contributed by atoms with Gasteiger partial charge in [0.25, 0.3) is 0 Å². The molecule has 4 heteroatoms. The molecule has 0 rings (SSSR count). The van der Waals surface area contributed by atoms with Gasteiger partial charge in [-0.25, -0.2) is 0 Å². The third-order valence-electron chi connectivity index (χ3n) is 2.15. The van der Waals surface area contributed by atoms with Crippen molar-refractivity contribution in [2.75, 3.05) is 6.54 Å². The number of hydrogen-bond acceptors (Lipinski definition) is 2. The predicted molar refractivity (Wildman–Crippen MR) is 65.0 cm³/mol. The topological polar surface area (TPSA) is 35.2 Å². The second kappa shape index (κ2) is 5.29. The lowest BCUT2D eigenvalue weighted by atomic mass is 10.6. The largest absolute Gasteiger partial charge is 0.455 e. The molecule has 0 unspecified atom stereocenters. The molecule has 0 spiro atoms. The van der Waals surface area contributed by atoms with Crippen LogP contribution in [0.4, 0.5) is 0 Å². The van der Waals surface area contributed by atoms with E-state index in [-0.39, 0.29) is 0 Å². The van der Waals surface area contributed by atoms with E-state index in [1.54, 1.807) is 0 Å². The van der Waals surface area contributed by atoms with Crippen LogP contribution in [0.5, 0.6) is 0 Å². The molecule has 0 aliphatic heterocycles. The zero-order valence-electron chi connectivity index (χ0n) is 9.81. The fourth-order valence-corrected chi connectivity index (χ4v) is 10.5. The standard InChI is InChI=1S/C9H25NOSi2/c1-6-8-12(2,3)11-13(4,5)9-7-10/h6-10H2,1-5H3. The summed E-state index contributed by atoms with van der Waals surface area (Å²) in [6, 6.07) is 2.36. The maximum absolute atomic E-state index is 6.30. The Morgan fingerprint density at radius 3 is 1.85 bits per heavy atom. The van der Waals surface area contributed by atoms with Crippen molar-refractivity contribution in [3.05, 3.63) is 0 Å². The SMILES string of the molecule is CCC[Si](C)(C)O[Si](C)(C)CCN. The van der Waals surface area contributed by atoms with E-state index in [0.717, 1.165) is 12.6 Å². The normalized spacial score (nSPS) is 13.4. The van der Waals surface area contributed by atoms with Crippen molar-refractivity contribution in [3.63, 3.8) is 0 Å². The summed E-state index contributed by atoms with van der Waals surface area (Å²) in [7, 11) is -2.81. The Morgan fingerprint density at radius 1 is 1.00 bits per heavy atom. The van der Waals surface area contributed by atoms with E-state index in [2.05, 4.69) is 33.1 Å². The minimum atomic E-state index is -1.44. The Morgan fingerprint density at radius 2 is 1.46 bits per heavy atom. The fraction of sp³-hybridized carbons (Fsp3) is 1.00. The molecule has 0 atom stereocenters. The number of nitrogens with two attached hydrogens (primary N) is 1. The number of hydrogen-bond donors (Lipinski definition) is 1. The van der Waals surface area contributed by atoms with Crippen molar-refractivity contribution in [1.82, 2.24) is 0 Å². The molecule has 2 nitrogen and oxygen atoms in total. The first-order chi connectivity index (χ1) is 5.83. The molecule has 0 bridgehead atoms. The highest BCUT2D eigenvalue weighted by Gasteiger charge is 2.31. The van der Waals surface area contributed by atoms with Crippen molar-refractivity contribution in [1.29, 1.82) is 0 Å². The Balaban J connectivity index is 4.07. The summed E-state index contributed by atoms with van der Waals surface area (Å²) in [5, 5.41) is 0. The first-order valence-electron chi connectivity index (χ1n) is 5.23. The van der Waals surface area contributed by atoms with Gasteiger partial charge in [0.05, 0.1) is 0 Å². The third kappa shape index (κ3) is 6.43. The highest BCUT2D eigenvalue weighted by molar-refractivity contribution is 6.84. The molecule has 2 N–H and O–H groups in total. The van der Waals surface area contributed by atoms with Gasteiger partial charge in [0.1, 0.15) is 0 Å². The van der Waals surface area contributed by atoms with Gasteiger partial charge < -0.3 is 9.85 Å². The molecule has 0 amide bonds. The van der Waals surface area contributed by atoms with Crippen LogP contribution < -0.4 is 5.73 Å². The maximum Gasteiger partial charge on any atom is 0.174 e. The van der Waals surface area contributed by atoms with E-state index in [0.29, 0.717) is 0 Å². The predicted octanol–water partition coefficient (Wildman–Crippen LogP) is 2.78. The van der Waals surface area contributed by atoms with E-state index in [4.69, 9.17) is 9.85 Å². The second-order valence-corrected chi connectivity index (χ2v) is 13.8. The van der Waals surface area contributed by atoms with E-state index in [1.165, 1.54) is 12.5 Å². The minimum Gasteiger partial charge on any atom is -0.455 e. The van der Waals surface area contributed by atoms with Crippen LogP contribution in [-0.4, -0.2) is 23.2 Å². The van der Waals surface area contributed by atoms with Crippen molar-refractivity contribution >= 4 is 16.6 Å². The van der Waals surface area contributed by atoms with Crippen LogP contribution >= 0.6 is 0 Å². The van der Waals surface area contributed by atoms with Crippen LogP contribution in [0.25, 0.3) is 0 Å². The molecule has 0 heterocycles. The van der Waals surface area contributed by atoms with Gasteiger partial charge in [-0.1, -0.05) is 13.3 Å². The van der Waals surface area contributed by atoms with Crippen molar-refractivity contribution in [2.45, 2.75) is 51.6 Å². The summed E-state index contributed by atoms with van der Waals surface area (Å²) in [6.45, 7) is 12.2. The molecular formula is C9H25NOSi2. The molecular weight excluding hydrogens is 194 g/mol.